The summed E-state index contributed by atoms with van der Waals surface area (Å²) in [6.45, 7) is 3.56. The fourth-order valence-corrected chi connectivity index (χ4v) is 2.40. The van der Waals surface area contributed by atoms with Crippen LogP contribution in [0.3, 0.4) is 0 Å². The van der Waals surface area contributed by atoms with E-state index in [-0.39, 0.29) is 16.9 Å². The third kappa shape index (κ3) is 4.69. The Morgan fingerprint density at radius 3 is 2.44 bits per heavy atom. The third-order valence-corrected chi connectivity index (χ3v) is 4.36. The average molecular weight is 308 g/mol. The quantitative estimate of drug-likeness (QED) is 0.876. The van der Waals surface area contributed by atoms with Crippen LogP contribution in [0.25, 0.3) is 0 Å². The molecule has 2 atom stereocenters. The Morgan fingerprint density at radius 1 is 1.39 bits per heavy atom. The highest BCUT2D eigenvalue weighted by Gasteiger charge is 2.13. The molecule has 1 rings (SSSR count). The minimum Gasteiger partial charge on any atom is -0.392 e. The number of hydrogen-bond acceptors (Lipinski definition) is 3. The predicted molar refractivity (Wildman–Crippen MR) is 78.7 cm³/mol. The highest BCUT2D eigenvalue weighted by atomic mass is 35.5. The molecule has 0 aromatic heterocycles. The molecule has 0 saturated heterocycles. The molecule has 0 aliphatic rings. The largest absolute Gasteiger partial charge is 0.392 e. The summed E-state index contributed by atoms with van der Waals surface area (Å²) in [6, 6.07) is 5.04. The zero-order chi connectivity index (χ0) is 13.7. The van der Waals surface area contributed by atoms with Crippen molar-refractivity contribution in [2.75, 3.05) is 11.1 Å². The Morgan fingerprint density at radius 2 is 1.94 bits per heavy atom. The molecule has 0 spiro atoms. The van der Waals surface area contributed by atoms with Crippen molar-refractivity contribution < 1.29 is 9.90 Å². The maximum Gasteiger partial charge on any atom is 0.234 e. The normalized spacial score (nSPS) is 14.1. The number of amides is 1. The molecule has 0 bridgehead atoms. The van der Waals surface area contributed by atoms with Gasteiger partial charge in [-0.15, -0.1) is 11.8 Å². The van der Waals surface area contributed by atoms with Crippen LogP contribution in [0.2, 0.25) is 10.0 Å². The number of carbonyl (C=O) groups excluding carboxylic acids is 1. The molecule has 2 N–H and O–H groups in total. The van der Waals surface area contributed by atoms with Crippen molar-refractivity contribution in [3.05, 3.63) is 28.2 Å². The predicted octanol–water partition coefficient (Wildman–Crippen LogP) is 3.43. The number of benzene rings is 1. The Labute approximate surface area is 121 Å². The third-order valence-electron chi connectivity index (χ3n) is 2.38. The number of aliphatic hydroxyl groups excluding tert-OH is 1. The summed E-state index contributed by atoms with van der Waals surface area (Å²) < 4.78 is 0. The van der Waals surface area contributed by atoms with Crippen LogP contribution in [0.4, 0.5) is 5.69 Å². The number of para-hydroxylation sites is 1. The van der Waals surface area contributed by atoms with Gasteiger partial charge in [-0.25, -0.2) is 0 Å². The molecule has 0 saturated carbocycles. The van der Waals surface area contributed by atoms with Crippen LogP contribution < -0.4 is 5.32 Å². The summed E-state index contributed by atoms with van der Waals surface area (Å²) in [4.78, 5) is 11.7. The van der Waals surface area contributed by atoms with E-state index in [1.165, 1.54) is 11.8 Å². The van der Waals surface area contributed by atoms with E-state index >= 15 is 0 Å². The average Bonchev–Trinajstić information content (AvgIpc) is 2.30. The van der Waals surface area contributed by atoms with Gasteiger partial charge >= 0.3 is 0 Å². The van der Waals surface area contributed by atoms with Gasteiger partial charge in [0, 0.05) is 5.25 Å². The van der Waals surface area contributed by atoms with Gasteiger partial charge in [-0.2, -0.15) is 0 Å². The fourth-order valence-electron chi connectivity index (χ4n) is 1.14. The van der Waals surface area contributed by atoms with E-state index in [0.29, 0.717) is 15.7 Å². The van der Waals surface area contributed by atoms with Crippen LogP contribution in [0.1, 0.15) is 13.8 Å². The molecule has 6 heteroatoms. The number of nitrogens with one attached hydrogen (secondary N) is 1. The fraction of sp³-hybridized carbons (Fsp3) is 0.417. The highest BCUT2D eigenvalue weighted by molar-refractivity contribution is 8.00. The van der Waals surface area contributed by atoms with E-state index in [9.17, 15) is 9.90 Å². The smallest absolute Gasteiger partial charge is 0.234 e. The van der Waals surface area contributed by atoms with E-state index < -0.39 is 6.10 Å². The number of thioether (sulfide) groups is 1. The molecule has 0 fully saturated rings. The van der Waals surface area contributed by atoms with Crippen molar-refractivity contribution in [1.82, 2.24) is 0 Å². The van der Waals surface area contributed by atoms with Gasteiger partial charge < -0.3 is 10.4 Å². The molecule has 2 unspecified atom stereocenters. The Kier molecular flexibility index (Phi) is 6.29. The second kappa shape index (κ2) is 7.24. The van der Waals surface area contributed by atoms with E-state index in [0.717, 1.165) is 0 Å². The lowest BCUT2D eigenvalue weighted by Crippen LogP contribution is -2.21. The van der Waals surface area contributed by atoms with Gasteiger partial charge in [0.25, 0.3) is 0 Å². The van der Waals surface area contributed by atoms with E-state index in [1.807, 2.05) is 6.92 Å². The molecular weight excluding hydrogens is 293 g/mol. The number of hydrogen-bond donors (Lipinski definition) is 2. The summed E-state index contributed by atoms with van der Waals surface area (Å²) in [6.07, 6.45) is -0.452. The van der Waals surface area contributed by atoms with Crippen LogP contribution in [0, 0.1) is 0 Å². The number of rotatable bonds is 5. The topological polar surface area (TPSA) is 49.3 Å². The lowest BCUT2D eigenvalue weighted by Gasteiger charge is -2.14. The van der Waals surface area contributed by atoms with Gasteiger partial charge in [-0.3, -0.25) is 4.79 Å². The molecule has 1 amide bonds. The number of halogens is 2. The zero-order valence-electron chi connectivity index (χ0n) is 10.1. The molecule has 0 heterocycles. The summed E-state index contributed by atoms with van der Waals surface area (Å²) in [5, 5.41) is 12.8. The molecule has 0 aliphatic carbocycles. The van der Waals surface area contributed by atoms with Crippen LogP contribution in [0.5, 0.6) is 0 Å². The minimum absolute atomic E-state index is 0.00235. The molecule has 0 radical (unpaired) electrons. The van der Waals surface area contributed by atoms with Gasteiger partial charge in [0.2, 0.25) is 5.91 Å². The van der Waals surface area contributed by atoms with Crippen molar-refractivity contribution in [2.24, 2.45) is 0 Å². The summed E-state index contributed by atoms with van der Waals surface area (Å²) in [7, 11) is 0. The molecule has 3 nitrogen and oxygen atoms in total. The standard InChI is InChI=1S/C12H15Cl2NO2S/c1-7(16)8(2)18-6-11(17)15-12-9(13)4-3-5-10(12)14/h3-5,7-8,16H,6H2,1-2H3,(H,15,17). The molecule has 100 valence electrons. The maximum absolute atomic E-state index is 11.7. The highest BCUT2D eigenvalue weighted by Crippen LogP contribution is 2.30. The minimum atomic E-state index is -0.452. The number of carbonyl (C=O) groups is 1. The van der Waals surface area contributed by atoms with E-state index in [2.05, 4.69) is 5.32 Å². The second-order valence-corrected chi connectivity index (χ2v) is 6.08. The van der Waals surface area contributed by atoms with Gasteiger partial charge in [-0.1, -0.05) is 36.2 Å². The Bertz CT molecular complexity index is 406. The lowest BCUT2D eigenvalue weighted by atomic mass is 10.3. The first kappa shape index (κ1) is 15.6. The van der Waals surface area contributed by atoms with Gasteiger partial charge in [0.1, 0.15) is 0 Å². The molecule has 1 aromatic rings. The van der Waals surface area contributed by atoms with Crippen molar-refractivity contribution in [2.45, 2.75) is 25.2 Å². The molecule has 0 aliphatic heterocycles. The SMILES string of the molecule is CC(O)C(C)SCC(=O)Nc1c(Cl)cccc1Cl. The monoisotopic (exact) mass is 307 g/mol. The number of aliphatic hydroxyl groups is 1. The molecule has 1 aromatic carbocycles. The van der Waals surface area contributed by atoms with Crippen molar-refractivity contribution >= 4 is 46.6 Å². The van der Waals surface area contributed by atoms with Gasteiger partial charge in [-0.05, 0) is 19.1 Å². The van der Waals surface area contributed by atoms with Crippen molar-refractivity contribution in [3.8, 4) is 0 Å². The Hall–Kier alpha value is -0.420. The van der Waals surface area contributed by atoms with Gasteiger partial charge in [0.15, 0.2) is 0 Å². The molecule has 18 heavy (non-hydrogen) atoms. The van der Waals surface area contributed by atoms with Crippen LogP contribution in [-0.2, 0) is 4.79 Å². The summed E-state index contributed by atoms with van der Waals surface area (Å²) in [5.74, 6) is 0.0515. The first-order valence-corrected chi connectivity index (χ1v) is 7.25. The zero-order valence-corrected chi connectivity index (χ0v) is 12.4. The lowest BCUT2D eigenvalue weighted by molar-refractivity contribution is -0.113. The van der Waals surface area contributed by atoms with E-state index in [1.54, 1.807) is 25.1 Å². The van der Waals surface area contributed by atoms with E-state index in [4.69, 9.17) is 23.2 Å². The van der Waals surface area contributed by atoms with Crippen LogP contribution in [-0.4, -0.2) is 28.1 Å². The summed E-state index contributed by atoms with van der Waals surface area (Å²) in [5.41, 5.74) is 0.427. The first-order chi connectivity index (χ1) is 8.41. The van der Waals surface area contributed by atoms with Crippen LogP contribution >= 0.6 is 35.0 Å². The Balaban J connectivity index is 2.55. The maximum atomic E-state index is 11.7. The summed E-state index contributed by atoms with van der Waals surface area (Å²) >= 11 is 13.3. The molecular formula is C12H15Cl2NO2S. The van der Waals surface area contributed by atoms with Crippen molar-refractivity contribution in [1.29, 1.82) is 0 Å². The first-order valence-electron chi connectivity index (χ1n) is 5.45. The van der Waals surface area contributed by atoms with Gasteiger partial charge in [0.05, 0.1) is 27.6 Å². The number of anilines is 1. The van der Waals surface area contributed by atoms with Crippen LogP contribution in [0.15, 0.2) is 18.2 Å². The second-order valence-electron chi connectivity index (χ2n) is 3.90. The van der Waals surface area contributed by atoms with Crippen molar-refractivity contribution in [3.63, 3.8) is 0 Å².